The molecule has 0 aliphatic heterocycles. The Kier molecular flexibility index (Phi) is 12.2. The second-order valence-corrected chi connectivity index (χ2v) is 8.93. The zero-order chi connectivity index (χ0) is 21.5. The van der Waals surface area contributed by atoms with Crippen molar-refractivity contribution in [3.05, 3.63) is 30.1 Å². The summed E-state index contributed by atoms with van der Waals surface area (Å²) in [5, 5.41) is 2.95. The molecule has 0 saturated carbocycles. The molecule has 158 valence electrons. The molecular formula is C24H33FN2OS. The molecule has 1 aromatic carbocycles. The lowest BCUT2D eigenvalue weighted by molar-refractivity contribution is -0.118. The number of hydrogen-bond acceptors (Lipinski definition) is 3. The van der Waals surface area contributed by atoms with E-state index in [1.54, 1.807) is 12.1 Å². The molecular weight excluding hydrogens is 383 g/mol. The topological polar surface area (TPSA) is 32.3 Å². The maximum atomic E-state index is 12.9. The first-order valence-electron chi connectivity index (χ1n) is 10.2. The fourth-order valence-electron chi connectivity index (χ4n) is 2.35. The van der Waals surface area contributed by atoms with Crippen LogP contribution in [0.25, 0.3) is 0 Å². The average Bonchev–Trinajstić information content (AvgIpc) is 2.66. The van der Waals surface area contributed by atoms with Crippen molar-refractivity contribution in [2.45, 2.75) is 51.9 Å². The monoisotopic (exact) mass is 416 g/mol. The van der Waals surface area contributed by atoms with E-state index in [9.17, 15) is 9.18 Å². The van der Waals surface area contributed by atoms with Crippen LogP contribution in [0.1, 0.15) is 47.0 Å². The summed E-state index contributed by atoms with van der Waals surface area (Å²) in [6.07, 6.45) is 3.49. The zero-order valence-electron chi connectivity index (χ0n) is 18.1. The van der Waals surface area contributed by atoms with Crippen LogP contribution in [0.4, 0.5) is 4.39 Å². The summed E-state index contributed by atoms with van der Waals surface area (Å²) in [7, 11) is 0. The number of nitrogens with zero attached hydrogens (tertiary/aromatic N) is 1. The van der Waals surface area contributed by atoms with Crippen molar-refractivity contribution in [2.24, 2.45) is 5.41 Å². The summed E-state index contributed by atoms with van der Waals surface area (Å²) >= 11 is 1.40. The van der Waals surface area contributed by atoms with Crippen molar-refractivity contribution in [1.82, 2.24) is 10.2 Å². The molecule has 0 fully saturated rings. The average molecular weight is 417 g/mol. The third kappa shape index (κ3) is 13.8. The Balaban J connectivity index is 2.39. The third-order valence-electron chi connectivity index (χ3n) is 3.90. The van der Waals surface area contributed by atoms with Gasteiger partial charge in [-0.3, -0.25) is 9.69 Å². The molecule has 29 heavy (non-hydrogen) atoms. The maximum absolute atomic E-state index is 12.9. The Labute approximate surface area is 180 Å². The molecule has 3 nitrogen and oxygen atoms in total. The van der Waals surface area contributed by atoms with Crippen LogP contribution in [0.2, 0.25) is 0 Å². The van der Waals surface area contributed by atoms with Crippen molar-refractivity contribution in [1.29, 1.82) is 0 Å². The molecule has 5 heteroatoms. The van der Waals surface area contributed by atoms with E-state index in [-0.39, 0.29) is 17.1 Å². The highest BCUT2D eigenvalue weighted by Crippen LogP contribution is 2.17. The van der Waals surface area contributed by atoms with Gasteiger partial charge in [-0.2, -0.15) is 0 Å². The molecule has 0 aliphatic rings. The van der Waals surface area contributed by atoms with Gasteiger partial charge >= 0.3 is 0 Å². The van der Waals surface area contributed by atoms with E-state index in [1.807, 2.05) is 0 Å². The van der Waals surface area contributed by atoms with Crippen LogP contribution in [0.15, 0.2) is 29.2 Å². The SMILES string of the molecule is CCCCCN(CC#CC#CC(C)(C)C)CCNC(=O)CSc1ccc(F)cc1. The van der Waals surface area contributed by atoms with E-state index >= 15 is 0 Å². The Morgan fingerprint density at radius 3 is 2.52 bits per heavy atom. The Bertz CT molecular complexity index is 733. The van der Waals surface area contributed by atoms with Gasteiger partial charge in [-0.1, -0.05) is 31.6 Å². The van der Waals surface area contributed by atoms with Crippen LogP contribution in [0.5, 0.6) is 0 Å². The fourth-order valence-corrected chi connectivity index (χ4v) is 3.08. The molecule has 1 aromatic rings. The summed E-state index contributed by atoms with van der Waals surface area (Å²) in [6.45, 7) is 11.4. The quantitative estimate of drug-likeness (QED) is 0.326. The molecule has 0 aromatic heterocycles. The molecule has 0 bridgehead atoms. The standard InChI is InChI=1S/C24H33FN2OS/c1-5-6-9-17-27(18-10-7-8-15-24(2,3)4)19-16-26-23(28)20-29-22-13-11-21(25)12-14-22/h11-14H,5-6,9,16-20H2,1-4H3,(H,26,28). The number of carbonyl (C=O) groups is 1. The molecule has 0 aliphatic carbocycles. The number of amides is 1. The minimum Gasteiger partial charge on any atom is -0.354 e. The normalized spacial score (nSPS) is 10.7. The van der Waals surface area contributed by atoms with Crippen LogP contribution in [-0.4, -0.2) is 42.7 Å². The van der Waals surface area contributed by atoms with Crippen LogP contribution in [-0.2, 0) is 4.79 Å². The number of rotatable bonds is 11. The minimum atomic E-state index is -0.269. The van der Waals surface area contributed by atoms with Gasteiger partial charge in [0.05, 0.1) is 12.3 Å². The number of unbranched alkanes of at least 4 members (excludes halogenated alkanes) is 2. The lowest BCUT2D eigenvalue weighted by atomic mass is 9.98. The van der Waals surface area contributed by atoms with Gasteiger partial charge in [0.15, 0.2) is 0 Å². The van der Waals surface area contributed by atoms with E-state index in [4.69, 9.17) is 0 Å². The van der Waals surface area contributed by atoms with Crippen LogP contribution in [0, 0.1) is 34.9 Å². The fraction of sp³-hybridized carbons (Fsp3) is 0.542. The van der Waals surface area contributed by atoms with Crippen LogP contribution >= 0.6 is 11.8 Å². The minimum absolute atomic E-state index is 0.0186. The predicted molar refractivity (Wildman–Crippen MR) is 121 cm³/mol. The smallest absolute Gasteiger partial charge is 0.230 e. The summed E-state index contributed by atoms with van der Waals surface area (Å²) in [4.78, 5) is 15.2. The van der Waals surface area contributed by atoms with Gasteiger partial charge in [-0.15, -0.1) is 11.8 Å². The molecule has 1 amide bonds. The summed E-state index contributed by atoms with van der Waals surface area (Å²) < 4.78 is 12.9. The highest BCUT2D eigenvalue weighted by molar-refractivity contribution is 8.00. The molecule has 0 spiro atoms. The molecule has 1 N–H and O–H groups in total. The van der Waals surface area contributed by atoms with Crippen molar-refractivity contribution in [2.75, 3.05) is 31.9 Å². The number of thioether (sulfide) groups is 1. The van der Waals surface area contributed by atoms with E-state index in [2.05, 4.69) is 61.6 Å². The second-order valence-electron chi connectivity index (χ2n) is 7.88. The first-order valence-corrected chi connectivity index (χ1v) is 11.2. The van der Waals surface area contributed by atoms with E-state index in [1.165, 1.54) is 36.7 Å². The van der Waals surface area contributed by atoms with Crippen LogP contribution in [0.3, 0.4) is 0 Å². The van der Waals surface area contributed by atoms with E-state index in [0.717, 1.165) is 24.4 Å². The zero-order valence-corrected chi connectivity index (χ0v) is 18.9. The second kappa shape index (κ2) is 14.1. The summed E-state index contributed by atoms with van der Waals surface area (Å²) in [5.41, 5.74) is -0.0360. The van der Waals surface area contributed by atoms with Crippen molar-refractivity contribution < 1.29 is 9.18 Å². The summed E-state index contributed by atoms with van der Waals surface area (Å²) in [6, 6.07) is 6.18. The Morgan fingerprint density at radius 2 is 1.86 bits per heavy atom. The van der Waals surface area contributed by atoms with E-state index < -0.39 is 0 Å². The van der Waals surface area contributed by atoms with Gasteiger partial charge in [0.1, 0.15) is 5.82 Å². The van der Waals surface area contributed by atoms with Gasteiger partial charge < -0.3 is 5.32 Å². The Morgan fingerprint density at radius 1 is 1.14 bits per heavy atom. The van der Waals surface area contributed by atoms with Gasteiger partial charge in [0.25, 0.3) is 0 Å². The van der Waals surface area contributed by atoms with Gasteiger partial charge in [0.2, 0.25) is 5.91 Å². The van der Waals surface area contributed by atoms with Crippen molar-refractivity contribution in [3.8, 4) is 23.7 Å². The van der Waals surface area contributed by atoms with Crippen molar-refractivity contribution >= 4 is 17.7 Å². The maximum Gasteiger partial charge on any atom is 0.230 e. The highest BCUT2D eigenvalue weighted by Gasteiger charge is 2.06. The third-order valence-corrected chi connectivity index (χ3v) is 4.91. The number of halogens is 1. The largest absolute Gasteiger partial charge is 0.354 e. The molecule has 1 rings (SSSR count). The van der Waals surface area contributed by atoms with Crippen molar-refractivity contribution in [3.63, 3.8) is 0 Å². The first-order chi connectivity index (χ1) is 13.8. The molecule has 0 radical (unpaired) electrons. The summed E-state index contributed by atoms with van der Waals surface area (Å²) in [5.74, 6) is 12.1. The van der Waals surface area contributed by atoms with Crippen LogP contribution < -0.4 is 5.32 Å². The number of nitrogens with one attached hydrogen (secondary N) is 1. The molecule has 0 atom stereocenters. The van der Waals surface area contributed by atoms with E-state index in [0.29, 0.717) is 18.8 Å². The molecule has 0 heterocycles. The molecule has 0 saturated heterocycles. The number of carbonyl (C=O) groups excluding carboxylic acids is 1. The highest BCUT2D eigenvalue weighted by atomic mass is 32.2. The predicted octanol–water partition coefficient (Wildman–Crippen LogP) is 4.58. The first kappa shape index (κ1) is 25.1. The Hall–Kier alpha value is -1.95. The number of hydrogen-bond donors (Lipinski definition) is 1. The lowest BCUT2D eigenvalue weighted by Gasteiger charge is -2.19. The number of benzene rings is 1. The lowest BCUT2D eigenvalue weighted by Crippen LogP contribution is -2.36. The van der Waals surface area contributed by atoms with Gasteiger partial charge in [0, 0.05) is 23.4 Å². The molecule has 0 unspecified atom stereocenters. The van der Waals surface area contributed by atoms with Gasteiger partial charge in [-0.25, -0.2) is 4.39 Å². The van der Waals surface area contributed by atoms with Gasteiger partial charge in [-0.05, 0) is 69.8 Å².